The number of aromatic nitrogens is 1. The topological polar surface area (TPSA) is 16.1 Å². The highest BCUT2D eigenvalue weighted by atomic mass is 35.5. The molecule has 3 heteroatoms. The molecule has 1 aromatic heterocycles. The van der Waals surface area contributed by atoms with Crippen LogP contribution in [0.1, 0.15) is 36.4 Å². The first-order valence-corrected chi connectivity index (χ1v) is 7.60. The van der Waals surface area contributed by atoms with Crippen LogP contribution in [0, 0.1) is 0 Å². The molecule has 1 unspecified atom stereocenters. The molecule has 0 radical (unpaired) electrons. The Bertz CT molecular complexity index is 539. The standard InChI is InChI=1S/C17H19ClN2/c18-17-10-9-15(12-19-17)16-8-4-5-11-20(16)13-14-6-2-1-3-7-14/h1-3,6-7,9-10,12,16H,4-5,8,11,13H2. The molecule has 1 fully saturated rings. The summed E-state index contributed by atoms with van der Waals surface area (Å²) in [5.74, 6) is 0. The van der Waals surface area contributed by atoms with E-state index in [9.17, 15) is 0 Å². The number of rotatable bonds is 3. The quantitative estimate of drug-likeness (QED) is 0.774. The minimum Gasteiger partial charge on any atom is -0.292 e. The maximum Gasteiger partial charge on any atom is 0.129 e. The van der Waals surface area contributed by atoms with Gasteiger partial charge in [-0.3, -0.25) is 4.90 Å². The van der Waals surface area contributed by atoms with Gasteiger partial charge in [-0.1, -0.05) is 54.4 Å². The third-order valence-corrected chi connectivity index (χ3v) is 4.20. The van der Waals surface area contributed by atoms with E-state index in [1.807, 2.05) is 12.3 Å². The second-order valence-corrected chi connectivity index (χ2v) is 5.77. The molecule has 0 bridgehead atoms. The monoisotopic (exact) mass is 286 g/mol. The molecule has 0 saturated carbocycles. The average Bonchev–Trinajstić information content (AvgIpc) is 2.50. The largest absolute Gasteiger partial charge is 0.292 e. The lowest BCUT2D eigenvalue weighted by Crippen LogP contribution is -2.32. The molecule has 20 heavy (non-hydrogen) atoms. The molecule has 2 nitrogen and oxygen atoms in total. The van der Waals surface area contributed by atoms with Gasteiger partial charge in [0.05, 0.1) is 0 Å². The Morgan fingerprint density at radius 1 is 1.10 bits per heavy atom. The Kier molecular flexibility index (Phi) is 4.34. The van der Waals surface area contributed by atoms with Crippen molar-refractivity contribution in [3.05, 3.63) is 64.9 Å². The highest BCUT2D eigenvalue weighted by Gasteiger charge is 2.24. The fraction of sp³-hybridized carbons (Fsp3) is 0.353. The van der Waals surface area contributed by atoms with Crippen molar-refractivity contribution in [1.29, 1.82) is 0 Å². The first kappa shape index (κ1) is 13.6. The van der Waals surface area contributed by atoms with Crippen molar-refractivity contribution in [2.24, 2.45) is 0 Å². The van der Waals surface area contributed by atoms with Gasteiger partial charge >= 0.3 is 0 Å². The van der Waals surface area contributed by atoms with Crippen molar-refractivity contribution in [2.75, 3.05) is 6.54 Å². The number of pyridine rings is 1. The Morgan fingerprint density at radius 2 is 1.95 bits per heavy atom. The second-order valence-electron chi connectivity index (χ2n) is 5.38. The van der Waals surface area contributed by atoms with E-state index >= 15 is 0 Å². The molecule has 3 rings (SSSR count). The highest BCUT2D eigenvalue weighted by molar-refractivity contribution is 6.29. The number of likely N-dealkylation sites (tertiary alicyclic amines) is 1. The molecule has 2 aromatic rings. The molecule has 0 N–H and O–H groups in total. The number of halogens is 1. The van der Waals surface area contributed by atoms with E-state index in [0.717, 1.165) is 13.1 Å². The maximum atomic E-state index is 5.89. The molecule has 0 amide bonds. The molecule has 1 aliphatic rings. The molecule has 0 spiro atoms. The van der Waals surface area contributed by atoms with E-state index in [-0.39, 0.29) is 0 Å². The van der Waals surface area contributed by atoms with Gasteiger partial charge in [0.25, 0.3) is 0 Å². The number of nitrogens with zero attached hydrogens (tertiary/aromatic N) is 2. The first-order valence-electron chi connectivity index (χ1n) is 7.22. The maximum absolute atomic E-state index is 5.89. The second kappa shape index (κ2) is 6.38. The normalized spacial score (nSPS) is 19.9. The smallest absolute Gasteiger partial charge is 0.129 e. The van der Waals surface area contributed by atoms with Gasteiger partial charge in [0, 0.05) is 18.8 Å². The van der Waals surface area contributed by atoms with Gasteiger partial charge in [-0.2, -0.15) is 0 Å². The first-order chi connectivity index (χ1) is 9.83. The summed E-state index contributed by atoms with van der Waals surface area (Å²) >= 11 is 5.89. The third-order valence-electron chi connectivity index (χ3n) is 3.98. The minimum absolute atomic E-state index is 0.466. The predicted molar refractivity (Wildman–Crippen MR) is 82.7 cm³/mol. The zero-order valence-electron chi connectivity index (χ0n) is 11.5. The van der Waals surface area contributed by atoms with Crippen LogP contribution in [-0.4, -0.2) is 16.4 Å². The summed E-state index contributed by atoms with van der Waals surface area (Å²) in [5.41, 5.74) is 2.66. The number of hydrogen-bond acceptors (Lipinski definition) is 2. The SMILES string of the molecule is Clc1ccc(C2CCCCN2Cc2ccccc2)cn1. The summed E-state index contributed by atoms with van der Waals surface area (Å²) in [4.78, 5) is 6.79. The van der Waals surface area contributed by atoms with Crippen LogP contribution < -0.4 is 0 Å². The van der Waals surface area contributed by atoms with Gasteiger partial charge in [-0.25, -0.2) is 4.98 Å². The van der Waals surface area contributed by atoms with E-state index in [1.54, 1.807) is 0 Å². The summed E-state index contributed by atoms with van der Waals surface area (Å²) in [7, 11) is 0. The van der Waals surface area contributed by atoms with Crippen LogP contribution in [0.3, 0.4) is 0 Å². The fourth-order valence-electron chi connectivity index (χ4n) is 2.96. The van der Waals surface area contributed by atoms with Crippen LogP contribution in [0.15, 0.2) is 48.7 Å². The molecule has 1 aliphatic heterocycles. The van der Waals surface area contributed by atoms with Crippen molar-refractivity contribution in [3.8, 4) is 0 Å². The van der Waals surface area contributed by atoms with Crippen molar-refractivity contribution in [2.45, 2.75) is 31.8 Å². The molecule has 1 saturated heterocycles. The fourth-order valence-corrected chi connectivity index (χ4v) is 3.07. The molecular weight excluding hydrogens is 268 g/mol. The Morgan fingerprint density at radius 3 is 2.70 bits per heavy atom. The van der Waals surface area contributed by atoms with Crippen molar-refractivity contribution >= 4 is 11.6 Å². The van der Waals surface area contributed by atoms with Crippen LogP contribution in [0.5, 0.6) is 0 Å². The third kappa shape index (κ3) is 3.20. The molecule has 1 atom stereocenters. The van der Waals surface area contributed by atoms with E-state index in [4.69, 9.17) is 11.6 Å². The molecule has 104 valence electrons. The summed E-state index contributed by atoms with van der Waals surface area (Å²) in [5, 5.41) is 0.569. The number of benzene rings is 1. The predicted octanol–water partition coefficient (Wildman–Crippen LogP) is 4.46. The Labute approximate surface area is 125 Å². The van der Waals surface area contributed by atoms with Crippen molar-refractivity contribution in [1.82, 2.24) is 9.88 Å². The lowest BCUT2D eigenvalue weighted by molar-refractivity contribution is 0.140. The van der Waals surface area contributed by atoms with Crippen LogP contribution in [0.25, 0.3) is 0 Å². The summed E-state index contributed by atoms with van der Waals surface area (Å²) < 4.78 is 0. The summed E-state index contributed by atoms with van der Waals surface area (Å²) in [6.45, 7) is 2.16. The van der Waals surface area contributed by atoms with E-state index < -0.39 is 0 Å². The molecule has 0 aliphatic carbocycles. The summed E-state index contributed by atoms with van der Waals surface area (Å²) in [6, 6.07) is 15.2. The van der Waals surface area contributed by atoms with Crippen LogP contribution >= 0.6 is 11.6 Å². The summed E-state index contributed by atoms with van der Waals surface area (Å²) in [6.07, 6.45) is 5.70. The number of piperidine rings is 1. The van der Waals surface area contributed by atoms with Crippen LogP contribution in [0.4, 0.5) is 0 Å². The van der Waals surface area contributed by atoms with Gasteiger partial charge in [-0.05, 0) is 36.6 Å². The molecule has 2 heterocycles. The van der Waals surface area contributed by atoms with E-state index in [2.05, 4.69) is 46.3 Å². The molecular formula is C17H19ClN2. The van der Waals surface area contributed by atoms with Gasteiger partial charge in [0.15, 0.2) is 0 Å². The van der Waals surface area contributed by atoms with Crippen LogP contribution in [0.2, 0.25) is 5.15 Å². The van der Waals surface area contributed by atoms with Gasteiger partial charge in [0.1, 0.15) is 5.15 Å². The Hall–Kier alpha value is -1.38. The van der Waals surface area contributed by atoms with Crippen molar-refractivity contribution in [3.63, 3.8) is 0 Å². The average molecular weight is 287 g/mol. The lowest BCUT2D eigenvalue weighted by atomic mass is 9.96. The van der Waals surface area contributed by atoms with E-state index in [1.165, 1.54) is 30.4 Å². The highest BCUT2D eigenvalue weighted by Crippen LogP contribution is 2.32. The van der Waals surface area contributed by atoms with Gasteiger partial charge in [-0.15, -0.1) is 0 Å². The van der Waals surface area contributed by atoms with Gasteiger partial charge in [0.2, 0.25) is 0 Å². The number of hydrogen-bond donors (Lipinski definition) is 0. The van der Waals surface area contributed by atoms with Crippen LogP contribution in [-0.2, 0) is 6.54 Å². The zero-order valence-corrected chi connectivity index (χ0v) is 12.3. The minimum atomic E-state index is 0.466. The lowest BCUT2D eigenvalue weighted by Gasteiger charge is -2.36. The van der Waals surface area contributed by atoms with Crippen molar-refractivity contribution < 1.29 is 0 Å². The Balaban J connectivity index is 1.78. The zero-order chi connectivity index (χ0) is 13.8. The van der Waals surface area contributed by atoms with E-state index in [0.29, 0.717) is 11.2 Å². The van der Waals surface area contributed by atoms with Gasteiger partial charge < -0.3 is 0 Å². The molecule has 1 aromatic carbocycles.